The summed E-state index contributed by atoms with van der Waals surface area (Å²) in [6, 6.07) is 12.8. The van der Waals surface area contributed by atoms with Gasteiger partial charge in [0.25, 0.3) is 10.0 Å². The van der Waals surface area contributed by atoms with Crippen molar-refractivity contribution in [3.8, 4) is 0 Å². The molecule has 0 bridgehead atoms. The first kappa shape index (κ1) is 14.1. The highest BCUT2D eigenvalue weighted by Gasteiger charge is 2.20. The maximum atomic E-state index is 12.6. The molecule has 1 aliphatic heterocycles. The van der Waals surface area contributed by atoms with E-state index in [-0.39, 0.29) is 0 Å². The van der Waals surface area contributed by atoms with Crippen LogP contribution in [-0.2, 0) is 23.0 Å². The lowest BCUT2D eigenvalue weighted by molar-refractivity contribution is 0.600. The average molecular weight is 302 g/mol. The Morgan fingerprint density at radius 3 is 2.71 bits per heavy atom. The zero-order valence-corrected chi connectivity index (χ0v) is 12.7. The minimum atomic E-state index is -3.55. The lowest BCUT2D eigenvalue weighted by Crippen LogP contribution is -2.25. The van der Waals surface area contributed by atoms with Gasteiger partial charge in [-0.15, -0.1) is 0 Å². The lowest BCUT2D eigenvalue weighted by Gasteiger charge is -2.21. The van der Waals surface area contributed by atoms with Crippen molar-refractivity contribution in [1.29, 1.82) is 0 Å². The summed E-state index contributed by atoms with van der Waals surface area (Å²) in [6.45, 7) is 3.46. The summed E-state index contributed by atoms with van der Waals surface area (Å²) in [4.78, 5) is 0.330. The zero-order chi connectivity index (χ0) is 14.9. The monoisotopic (exact) mass is 302 g/mol. The maximum absolute atomic E-state index is 12.6. The van der Waals surface area contributed by atoms with Gasteiger partial charge in [0.15, 0.2) is 0 Å². The Labute approximate surface area is 125 Å². The van der Waals surface area contributed by atoms with E-state index in [1.54, 1.807) is 25.1 Å². The van der Waals surface area contributed by atoms with Gasteiger partial charge in [-0.25, -0.2) is 8.42 Å². The van der Waals surface area contributed by atoms with E-state index >= 15 is 0 Å². The fraction of sp³-hybridized carbons (Fsp3) is 0.250. The van der Waals surface area contributed by atoms with Crippen molar-refractivity contribution >= 4 is 15.7 Å². The minimum Gasteiger partial charge on any atom is -0.312 e. The molecule has 2 N–H and O–H groups in total. The molecule has 0 saturated heterocycles. The summed E-state index contributed by atoms with van der Waals surface area (Å²) < 4.78 is 27.9. The van der Waals surface area contributed by atoms with Crippen molar-refractivity contribution in [2.45, 2.75) is 24.8 Å². The zero-order valence-electron chi connectivity index (χ0n) is 11.9. The van der Waals surface area contributed by atoms with Gasteiger partial charge in [0.2, 0.25) is 0 Å². The highest BCUT2D eigenvalue weighted by Crippen LogP contribution is 2.26. The van der Waals surface area contributed by atoms with Gasteiger partial charge in [0.05, 0.1) is 10.6 Å². The molecule has 1 heterocycles. The Hall–Kier alpha value is -1.85. The normalized spacial score (nSPS) is 14.5. The topological polar surface area (TPSA) is 58.2 Å². The maximum Gasteiger partial charge on any atom is 0.262 e. The molecule has 0 radical (unpaired) electrons. The number of anilines is 1. The molecule has 0 amide bonds. The van der Waals surface area contributed by atoms with Crippen LogP contribution in [0.15, 0.2) is 47.4 Å². The number of sulfonamides is 1. The minimum absolute atomic E-state index is 0.330. The predicted octanol–water partition coefficient (Wildman–Crippen LogP) is 2.44. The highest BCUT2D eigenvalue weighted by atomic mass is 32.2. The van der Waals surface area contributed by atoms with E-state index in [1.165, 1.54) is 0 Å². The molecule has 1 aliphatic rings. The molecule has 5 heteroatoms. The van der Waals surface area contributed by atoms with Gasteiger partial charge >= 0.3 is 0 Å². The van der Waals surface area contributed by atoms with Gasteiger partial charge in [-0.2, -0.15) is 0 Å². The molecule has 110 valence electrons. The molecule has 2 aromatic rings. The fourth-order valence-corrected chi connectivity index (χ4v) is 4.03. The molecule has 0 saturated carbocycles. The summed E-state index contributed by atoms with van der Waals surface area (Å²) in [5, 5.41) is 3.29. The van der Waals surface area contributed by atoms with Crippen LogP contribution in [-0.4, -0.2) is 15.0 Å². The van der Waals surface area contributed by atoms with E-state index in [9.17, 15) is 8.42 Å². The van der Waals surface area contributed by atoms with Crippen molar-refractivity contribution in [1.82, 2.24) is 5.32 Å². The SMILES string of the molecule is Cc1ccccc1S(=O)(=O)Nc1cccc2c1CCNC2. The largest absolute Gasteiger partial charge is 0.312 e. The number of nitrogens with one attached hydrogen (secondary N) is 2. The molecule has 21 heavy (non-hydrogen) atoms. The molecule has 0 fully saturated rings. The van der Waals surface area contributed by atoms with Gasteiger partial charge in [-0.1, -0.05) is 30.3 Å². The third kappa shape index (κ3) is 2.80. The van der Waals surface area contributed by atoms with Gasteiger partial charge in [-0.05, 0) is 48.7 Å². The molecule has 0 aromatic heterocycles. The second-order valence-corrected chi connectivity index (χ2v) is 6.89. The summed E-state index contributed by atoms with van der Waals surface area (Å²) in [5.74, 6) is 0. The van der Waals surface area contributed by atoms with Crippen molar-refractivity contribution in [2.75, 3.05) is 11.3 Å². The van der Waals surface area contributed by atoms with E-state index in [2.05, 4.69) is 10.0 Å². The number of benzene rings is 2. The molecule has 2 aromatic carbocycles. The average Bonchev–Trinajstić information content (AvgIpc) is 2.47. The van der Waals surface area contributed by atoms with Crippen molar-refractivity contribution < 1.29 is 8.42 Å². The Kier molecular flexibility index (Phi) is 3.69. The number of rotatable bonds is 3. The molecule has 0 spiro atoms. The number of hydrogen-bond donors (Lipinski definition) is 2. The lowest BCUT2D eigenvalue weighted by atomic mass is 9.99. The van der Waals surface area contributed by atoms with E-state index in [1.807, 2.05) is 24.3 Å². The molecular formula is C16H18N2O2S. The summed E-state index contributed by atoms with van der Waals surface area (Å²) in [5.41, 5.74) is 3.69. The quantitative estimate of drug-likeness (QED) is 0.915. The van der Waals surface area contributed by atoms with Crippen LogP contribution in [0, 0.1) is 6.92 Å². The standard InChI is InChI=1S/C16H18N2O2S/c1-12-5-2-3-8-16(12)21(19,20)18-15-7-4-6-13-11-17-10-9-14(13)15/h2-8,17-18H,9-11H2,1H3. The molecular weight excluding hydrogens is 284 g/mol. The van der Waals surface area contributed by atoms with Crippen molar-refractivity contribution in [3.63, 3.8) is 0 Å². The van der Waals surface area contributed by atoms with E-state index in [0.29, 0.717) is 10.6 Å². The molecule has 3 rings (SSSR count). The summed E-state index contributed by atoms with van der Waals surface area (Å²) in [6.07, 6.45) is 0.835. The van der Waals surface area contributed by atoms with Gasteiger partial charge in [-0.3, -0.25) is 4.72 Å². The Morgan fingerprint density at radius 2 is 1.90 bits per heavy atom. The van der Waals surface area contributed by atoms with Crippen LogP contribution in [0.5, 0.6) is 0 Å². The van der Waals surface area contributed by atoms with Crippen LogP contribution in [0.1, 0.15) is 16.7 Å². The van der Waals surface area contributed by atoms with Crippen LogP contribution in [0.4, 0.5) is 5.69 Å². The Morgan fingerprint density at radius 1 is 1.10 bits per heavy atom. The van der Waals surface area contributed by atoms with E-state index in [4.69, 9.17) is 0 Å². The second-order valence-electron chi connectivity index (χ2n) is 5.24. The van der Waals surface area contributed by atoms with Gasteiger partial charge in [0, 0.05) is 6.54 Å². The molecule has 0 aliphatic carbocycles. The van der Waals surface area contributed by atoms with Gasteiger partial charge in [0.1, 0.15) is 0 Å². The number of fused-ring (bicyclic) bond motifs is 1. The van der Waals surface area contributed by atoms with Crippen LogP contribution < -0.4 is 10.0 Å². The first-order valence-electron chi connectivity index (χ1n) is 6.98. The molecule has 0 atom stereocenters. The third-order valence-corrected chi connectivity index (χ3v) is 5.29. The fourth-order valence-electron chi connectivity index (χ4n) is 2.69. The predicted molar refractivity (Wildman–Crippen MR) is 83.8 cm³/mol. The van der Waals surface area contributed by atoms with Crippen LogP contribution >= 0.6 is 0 Å². The van der Waals surface area contributed by atoms with Crippen LogP contribution in [0.2, 0.25) is 0 Å². The Bertz CT molecular complexity index is 770. The number of hydrogen-bond acceptors (Lipinski definition) is 3. The smallest absolute Gasteiger partial charge is 0.262 e. The van der Waals surface area contributed by atoms with E-state index in [0.717, 1.165) is 36.2 Å². The van der Waals surface area contributed by atoms with Crippen LogP contribution in [0.3, 0.4) is 0 Å². The second kappa shape index (κ2) is 5.50. The summed E-state index contributed by atoms with van der Waals surface area (Å²) >= 11 is 0. The third-order valence-electron chi connectivity index (χ3n) is 3.77. The number of aryl methyl sites for hydroxylation is 1. The summed E-state index contributed by atoms with van der Waals surface area (Å²) in [7, 11) is -3.55. The van der Waals surface area contributed by atoms with E-state index < -0.39 is 10.0 Å². The van der Waals surface area contributed by atoms with Crippen molar-refractivity contribution in [2.24, 2.45) is 0 Å². The molecule has 4 nitrogen and oxygen atoms in total. The van der Waals surface area contributed by atoms with Gasteiger partial charge < -0.3 is 5.32 Å². The first-order chi connectivity index (χ1) is 10.1. The highest BCUT2D eigenvalue weighted by molar-refractivity contribution is 7.92. The van der Waals surface area contributed by atoms with Crippen molar-refractivity contribution in [3.05, 3.63) is 59.2 Å². The van der Waals surface area contributed by atoms with Crippen LogP contribution in [0.25, 0.3) is 0 Å². The Balaban J connectivity index is 1.99. The molecule has 0 unspecified atom stereocenters. The first-order valence-corrected chi connectivity index (χ1v) is 8.46.